The van der Waals surface area contributed by atoms with Crippen molar-refractivity contribution in [3.05, 3.63) is 34.3 Å². The van der Waals surface area contributed by atoms with E-state index in [4.69, 9.17) is 5.11 Å². The van der Waals surface area contributed by atoms with Crippen LogP contribution < -0.4 is 0 Å². The number of carboxylic acids is 1. The second-order valence-electron chi connectivity index (χ2n) is 4.86. The van der Waals surface area contributed by atoms with Crippen molar-refractivity contribution >= 4 is 27.8 Å². The van der Waals surface area contributed by atoms with Crippen LogP contribution in [-0.4, -0.2) is 35.0 Å². The minimum atomic E-state index is -0.989. The van der Waals surface area contributed by atoms with Crippen LogP contribution in [0.2, 0.25) is 0 Å². The molecule has 0 aliphatic heterocycles. The summed E-state index contributed by atoms with van der Waals surface area (Å²) in [6.45, 7) is 3.46. The predicted octanol–water partition coefficient (Wildman–Crippen LogP) is 2.95. The van der Waals surface area contributed by atoms with Crippen LogP contribution in [0.25, 0.3) is 0 Å². The van der Waals surface area contributed by atoms with E-state index in [0.29, 0.717) is 12.8 Å². The number of rotatable bonds is 6. The number of carboxylic acid groups (broad SMARTS) is 1. The lowest BCUT2D eigenvalue weighted by Gasteiger charge is -2.26. The molecule has 0 radical (unpaired) electrons. The Hall–Kier alpha value is -1.36. The van der Waals surface area contributed by atoms with Gasteiger partial charge in [-0.3, -0.25) is 4.79 Å². The number of hydrogen-bond donors (Lipinski definition) is 1. The summed E-state index contributed by atoms with van der Waals surface area (Å²) >= 11 is 3.47. The molecule has 0 aliphatic carbocycles. The first-order valence-corrected chi connectivity index (χ1v) is 7.40. The lowest BCUT2D eigenvalue weighted by molar-refractivity contribution is -0.149. The molecule has 0 saturated carbocycles. The fourth-order valence-electron chi connectivity index (χ4n) is 1.98. The van der Waals surface area contributed by atoms with Crippen molar-refractivity contribution in [1.29, 1.82) is 0 Å². The van der Waals surface area contributed by atoms with E-state index in [1.807, 2.05) is 31.2 Å². The normalized spacial score (nSPS) is 13.6. The summed E-state index contributed by atoms with van der Waals surface area (Å²) in [5, 5.41) is 8.99. The Balaban J connectivity index is 2.83. The Morgan fingerprint density at radius 1 is 1.35 bits per heavy atom. The predicted molar refractivity (Wildman–Crippen MR) is 81.5 cm³/mol. The molecule has 2 atom stereocenters. The van der Waals surface area contributed by atoms with Gasteiger partial charge in [-0.1, -0.05) is 41.1 Å². The van der Waals surface area contributed by atoms with Crippen molar-refractivity contribution in [2.45, 2.75) is 32.7 Å². The van der Waals surface area contributed by atoms with Crippen molar-refractivity contribution in [1.82, 2.24) is 4.90 Å². The van der Waals surface area contributed by atoms with E-state index in [1.165, 1.54) is 11.8 Å². The molecule has 0 heterocycles. The zero-order valence-electron chi connectivity index (χ0n) is 12.0. The average molecular weight is 342 g/mol. The van der Waals surface area contributed by atoms with Crippen molar-refractivity contribution in [3.63, 3.8) is 0 Å². The molecule has 1 aromatic rings. The Morgan fingerprint density at radius 3 is 2.45 bits per heavy atom. The van der Waals surface area contributed by atoms with Gasteiger partial charge in [0, 0.05) is 17.4 Å². The second kappa shape index (κ2) is 7.43. The van der Waals surface area contributed by atoms with Crippen LogP contribution in [0.1, 0.15) is 25.8 Å². The molecule has 1 aromatic carbocycles. The molecular weight excluding hydrogens is 322 g/mol. The number of hydrogen-bond acceptors (Lipinski definition) is 2. The second-order valence-corrected chi connectivity index (χ2v) is 5.72. The summed E-state index contributed by atoms with van der Waals surface area (Å²) in [5.74, 6) is -1.32. The van der Waals surface area contributed by atoms with Gasteiger partial charge < -0.3 is 10.0 Å². The Kier molecular flexibility index (Phi) is 6.20. The standard InChI is InChI=1S/C15H20BrNO3/c1-4-11(9-12-7-5-6-8-13(12)16)14(18)17(3)10(2)15(19)20/h5-8,10-11H,4,9H2,1-3H3,(H,19,20). The number of carbonyl (C=O) groups excluding carboxylic acids is 1. The van der Waals surface area contributed by atoms with Gasteiger partial charge in [-0.25, -0.2) is 4.79 Å². The van der Waals surface area contributed by atoms with E-state index in [2.05, 4.69) is 15.9 Å². The number of amides is 1. The first kappa shape index (κ1) is 16.7. The zero-order valence-corrected chi connectivity index (χ0v) is 13.6. The van der Waals surface area contributed by atoms with Gasteiger partial charge in [0.25, 0.3) is 0 Å². The van der Waals surface area contributed by atoms with Gasteiger partial charge in [-0.2, -0.15) is 0 Å². The number of benzene rings is 1. The molecule has 0 saturated heterocycles. The van der Waals surface area contributed by atoms with E-state index in [1.54, 1.807) is 7.05 Å². The number of likely N-dealkylation sites (N-methyl/N-ethyl adjacent to an activating group) is 1. The number of halogens is 1. The Labute approximate surface area is 127 Å². The largest absolute Gasteiger partial charge is 0.480 e. The lowest BCUT2D eigenvalue weighted by atomic mass is 9.95. The molecule has 5 heteroatoms. The van der Waals surface area contributed by atoms with Crippen LogP contribution in [0.15, 0.2) is 28.7 Å². The highest BCUT2D eigenvalue weighted by Crippen LogP contribution is 2.22. The molecule has 0 bridgehead atoms. The fourth-order valence-corrected chi connectivity index (χ4v) is 2.43. The van der Waals surface area contributed by atoms with Crippen molar-refractivity contribution in [2.24, 2.45) is 5.92 Å². The summed E-state index contributed by atoms with van der Waals surface area (Å²) < 4.78 is 0.972. The minimum absolute atomic E-state index is 0.127. The molecule has 1 amide bonds. The number of nitrogens with zero attached hydrogens (tertiary/aromatic N) is 1. The zero-order chi connectivity index (χ0) is 15.3. The molecule has 0 aromatic heterocycles. The third-order valence-electron chi connectivity index (χ3n) is 3.55. The van der Waals surface area contributed by atoms with Gasteiger partial charge in [0.1, 0.15) is 6.04 Å². The molecule has 0 fully saturated rings. The first-order valence-electron chi connectivity index (χ1n) is 6.61. The van der Waals surface area contributed by atoms with Crippen molar-refractivity contribution in [2.75, 3.05) is 7.05 Å². The lowest BCUT2D eigenvalue weighted by Crippen LogP contribution is -2.43. The molecule has 2 unspecified atom stereocenters. The Morgan fingerprint density at radius 2 is 1.95 bits per heavy atom. The smallest absolute Gasteiger partial charge is 0.326 e. The fraction of sp³-hybridized carbons (Fsp3) is 0.467. The number of carbonyl (C=O) groups is 2. The van der Waals surface area contributed by atoms with E-state index in [9.17, 15) is 9.59 Å². The highest BCUT2D eigenvalue weighted by atomic mass is 79.9. The summed E-state index contributed by atoms with van der Waals surface area (Å²) in [5.41, 5.74) is 1.06. The highest BCUT2D eigenvalue weighted by Gasteiger charge is 2.27. The third kappa shape index (κ3) is 4.07. The van der Waals surface area contributed by atoms with Gasteiger partial charge in [0.05, 0.1) is 0 Å². The van der Waals surface area contributed by atoms with Crippen LogP contribution in [0.4, 0.5) is 0 Å². The summed E-state index contributed by atoms with van der Waals surface area (Å²) in [6.07, 6.45) is 1.28. The number of aliphatic carboxylic acids is 1. The quantitative estimate of drug-likeness (QED) is 0.865. The van der Waals surface area contributed by atoms with Crippen LogP contribution in [-0.2, 0) is 16.0 Å². The third-order valence-corrected chi connectivity index (χ3v) is 4.33. The van der Waals surface area contributed by atoms with Gasteiger partial charge in [-0.15, -0.1) is 0 Å². The molecule has 0 spiro atoms. The molecule has 4 nitrogen and oxygen atoms in total. The monoisotopic (exact) mass is 341 g/mol. The van der Waals surface area contributed by atoms with Crippen LogP contribution in [0.5, 0.6) is 0 Å². The average Bonchev–Trinajstić information content (AvgIpc) is 2.44. The van der Waals surface area contributed by atoms with Crippen molar-refractivity contribution < 1.29 is 14.7 Å². The van der Waals surface area contributed by atoms with Crippen LogP contribution in [0.3, 0.4) is 0 Å². The van der Waals surface area contributed by atoms with Gasteiger partial charge in [0.2, 0.25) is 5.91 Å². The maximum atomic E-state index is 12.4. The first-order chi connectivity index (χ1) is 9.38. The Bertz CT molecular complexity index is 490. The van der Waals surface area contributed by atoms with Gasteiger partial charge >= 0.3 is 5.97 Å². The summed E-state index contributed by atoms with van der Waals surface area (Å²) in [6, 6.07) is 6.96. The van der Waals surface area contributed by atoms with Crippen LogP contribution in [0, 0.1) is 5.92 Å². The van der Waals surface area contributed by atoms with Gasteiger partial charge in [0.15, 0.2) is 0 Å². The molecule has 1 N–H and O–H groups in total. The maximum Gasteiger partial charge on any atom is 0.326 e. The topological polar surface area (TPSA) is 57.6 Å². The van der Waals surface area contributed by atoms with Gasteiger partial charge in [-0.05, 0) is 31.4 Å². The van der Waals surface area contributed by atoms with Crippen molar-refractivity contribution in [3.8, 4) is 0 Å². The minimum Gasteiger partial charge on any atom is -0.480 e. The highest BCUT2D eigenvalue weighted by molar-refractivity contribution is 9.10. The maximum absolute atomic E-state index is 12.4. The molecule has 20 heavy (non-hydrogen) atoms. The van der Waals surface area contributed by atoms with Crippen LogP contribution >= 0.6 is 15.9 Å². The molecular formula is C15H20BrNO3. The van der Waals surface area contributed by atoms with E-state index in [0.717, 1.165) is 10.0 Å². The van der Waals surface area contributed by atoms with E-state index < -0.39 is 12.0 Å². The summed E-state index contributed by atoms with van der Waals surface area (Å²) in [7, 11) is 1.55. The summed E-state index contributed by atoms with van der Waals surface area (Å²) in [4.78, 5) is 24.7. The molecule has 110 valence electrons. The SMILES string of the molecule is CCC(Cc1ccccc1Br)C(=O)N(C)C(C)C(=O)O. The van der Waals surface area contributed by atoms with E-state index in [-0.39, 0.29) is 11.8 Å². The molecule has 0 aliphatic rings. The molecule has 1 rings (SSSR count). The van der Waals surface area contributed by atoms with E-state index >= 15 is 0 Å².